The normalized spacial score (nSPS) is 10.3. The number of rotatable bonds is 4. The van der Waals surface area contributed by atoms with Crippen LogP contribution in [0.25, 0.3) is 0 Å². The predicted molar refractivity (Wildman–Crippen MR) is 88.5 cm³/mol. The molecule has 1 aromatic heterocycles. The van der Waals surface area contributed by atoms with E-state index in [2.05, 4.69) is 5.32 Å². The zero-order chi connectivity index (χ0) is 16.2. The van der Waals surface area contributed by atoms with Gasteiger partial charge in [0.15, 0.2) is 0 Å². The van der Waals surface area contributed by atoms with Crippen molar-refractivity contribution in [2.75, 3.05) is 5.32 Å². The summed E-state index contributed by atoms with van der Waals surface area (Å²) >= 11 is 1.27. The zero-order valence-electron chi connectivity index (χ0n) is 12.0. The van der Waals surface area contributed by atoms with Crippen LogP contribution in [-0.2, 0) is 0 Å². The quantitative estimate of drug-likeness (QED) is 0.724. The van der Waals surface area contributed by atoms with E-state index in [0.29, 0.717) is 16.1 Å². The molecule has 0 radical (unpaired) electrons. The highest BCUT2D eigenvalue weighted by Crippen LogP contribution is 2.23. The average molecular weight is 325 g/mol. The highest BCUT2D eigenvalue weighted by atomic mass is 32.1. The first-order chi connectivity index (χ1) is 11.1. The first-order valence-electron chi connectivity index (χ1n) is 6.89. The zero-order valence-corrected chi connectivity index (χ0v) is 12.8. The molecule has 0 spiro atoms. The predicted octanol–water partition coefficient (Wildman–Crippen LogP) is 4.37. The second-order valence-electron chi connectivity index (χ2n) is 4.82. The molecule has 3 aromatic rings. The number of nitrogens with one attached hydrogen (secondary N) is 1. The van der Waals surface area contributed by atoms with Crippen molar-refractivity contribution >= 4 is 28.7 Å². The molecular weight excluding hydrogens is 313 g/mol. The lowest BCUT2D eigenvalue weighted by Crippen LogP contribution is -2.15. The molecule has 0 fully saturated rings. The van der Waals surface area contributed by atoms with E-state index in [1.54, 1.807) is 47.8 Å². The van der Waals surface area contributed by atoms with Gasteiger partial charge in [-0.05, 0) is 41.8 Å². The molecule has 1 N–H and O–H groups in total. The Morgan fingerprint density at radius 2 is 1.74 bits per heavy atom. The van der Waals surface area contributed by atoms with Gasteiger partial charge in [0.1, 0.15) is 5.82 Å². The van der Waals surface area contributed by atoms with Gasteiger partial charge in [0, 0.05) is 11.1 Å². The molecule has 114 valence electrons. The Hall–Kier alpha value is -2.79. The van der Waals surface area contributed by atoms with E-state index < -0.39 is 5.82 Å². The number of ketones is 1. The number of hydrogen-bond donors (Lipinski definition) is 1. The smallest absolute Gasteiger partial charge is 0.255 e. The molecule has 0 bridgehead atoms. The lowest BCUT2D eigenvalue weighted by molar-refractivity contribution is 0.102. The minimum absolute atomic E-state index is 0.136. The molecule has 3 nitrogen and oxygen atoms in total. The molecule has 5 heteroatoms. The summed E-state index contributed by atoms with van der Waals surface area (Å²) in [7, 11) is 0. The fourth-order valence-corrected chi connectivity index (χ4v) is 2.82. The minimum Gasteiger partial charge on any atom is -0.321 e. The average Bonchev–Trinajstić information content (AvgIpc) is 3.11. The van der Waals surface area contributed by atoms with E-state index in [9.17, 15) is 14.0 Å². The van der Waals surface area contributed by atoms with Crippen molar-refractivity contribution in [3.63, 3.8) is 0 Å². The van der Waals surface area contributed by atoms with Gasteiger partial charge in [-0.25, -0.2) is 4.39 Å². The highest BCUT2D eigenvalue weighted by Gasteiger charge is 2.17. The van der Waals surface area contributed by atoms with Crippen LogP contribution in [0.2, 0.25) is 0 Å². The Bertz CT molecular complexity index is 845. The first-order valence-corrected chi connectivity index (χ1v) is 7.77. The lowest BCUT2D eigenvalue weighted by atomic mass is 10.1. The second kappa shape index (κ2) is 6.54. The molecule has 0 saturated heterocycles. The van der Waals surface area contributed by atoms with Crippen molar-refractivity contribution in [1.29, 1.82) is 0 Å². The van der Waals surface area contributed by atoms with Crippen LogP contribution >= 0.6 is 11.3 Å². The van der Waals surface area contributed by atoms with Gasteiger partial charge in [0.05, 0.1) is 10.6 Å². The molecule has 2 aromatic carbocycles. The van der Waals surface area contributed by atoms with Crippen molar-refractivity contribution in [2.24, 2.45) is 0 Å². The van der Waals surface area contributed by atoms with E-state index in [1.807, 2.05) is 0 Å². The molecule has 0 aliphatic rings. The molecule has 0 unspecified atom stereocenters. The molecule has 1 heterocycles. The Kier molecular flexibility index (Phi) is 4.30. The second-order valence-corrected chi connectivity index (χ2v) is 5.76. The number of hydrogen-bond acceptors (Lipinski definition) is 3. The number of carbonyl (C=O) groups is 2. The molecule has 3 rings (SSSR count). The number of benzene rings is 2. The van der Waals surface area contributed by atoms with Crippen LogP contribution < -0.4 is 5.32 Å². The Balaban J connectivity index is 1.94. The SMILES string of the molecule is O=C(Nc1ccc(F)cc1C(=O)c1cccs1)c1ccccc1. The Labute approximate surface area is 136 Å². The molecule has 1 amide bonds. The largest absolute Gasteiger partial charge is 0.321 e. The number of carbonyl (C=O) groups excluding carboxylic acids is 2. The minimum atomic E-state index is -0.525. The van der Waals surface area contributed by atoms with Gasteiger partial charge in [-0.15, -0.1) is 11.3 Å². The van der Waals surface area contributed by atoms with Crippen molar-refractivity contribution in [3.05, 3.63) is 87.9 Å². The van der Waals surface area contributed by atoms with Crippen LogP contribution in [0.3, 0.4) is 0 Å². The van der Waals surface area contributed by atoms with Gasteiger partial charge in [0.2, 0.25) is 5.78 Å². The summed E-state index contributed by atoms with van der Waals surface area (Å²) < 4.78 is 13.5. The van der Waals surface area contributed by atoms with E-state index in [-0.39, 0.29) is 17.3 Å². The standard InChI is InChI=1S/C18H12FNO2S/c19-13-8-9-15(20-18(22)12-5-2-1-3-6-12)14(11-13)17(21)16-7-4-10-23-16/h1-11H,(H,20,22). The summed E-state index contributed by atoms with van der Waals surface area (Å²) in [6.45, 7) is 0. The van der Waals surface area contributed by atoms with E-state index in [4.69, 9.17) is 0 Å². The van der Waals surface area contributed by atoms with Gasteiger partial charge < -0.3 is 5.32 Å². The third-order valence-electron chi connectivity index (χ3n) is 3.26. The van der Waals surface area contributed by atoms with Crippen molar-refractivity contribution < 1.29 is 14.0 Å². The maximum atomic E-state index is 13.5. The third-order valence-corrected chi connectivity index (χ3v) is 4.12. The monoisotopic (exact) mass is 325 g/mol. The molecule has 0 aliphatic heterocycles. The summed E-state index contributed by atoms with van der Waals surface area (Å²) in [4.78, 5) is 25.2. The first kappa shape index (κ1) is 15.1. The van der Waals surface area contributed by atoms with Gasteiger partial charge in [-0.1, -0.05) is 24.3 Å². The maximum Gasteiger partial charge on any atom is 0.255 e. The maximum absolute atomic E-state index is 13.5. The number of thiophene rings is 1. The van der Waals surface area contributed by atoms with E-state index in [1.165, 1.54) is 23.5 Å². The molecule has 0 aliphatic carbocycles. The van der Waals surface area contributed by atoms with Gasteiger partial charge >= 0.3 is 0 Å². The third kappa shape index (κ3) is 3.35. The van der Waals surface area contributed by atoms with Crippen LogP contribution in [0.15, 0.2) is 66.0 Å². The van der Waals surface area contributed by atoms with E-state index in [0.717, 1.165) is 6.07 Å². The van der Waals surface area contributed by atoms with Crippen molar-refractivity contribution in [2.45, 2.75) is 0 Å². The summed E-state index contributed by atoms with van der Waals surface area (Å²) in [6, 6.07) is 15.8. The fraction of sp³-hybridized carbons (Fsp3) is 0. The summed E-state index contributed by atoms with van der Waals surface area (Å²) in [6.07, 6.45) is 0. The number of halogens is 1. The van der Waals surface area contributed by atoms with Crippen LogP contribution in [0.5, 0.6) is 0 Å². The Morgan fingerprint density at radius 3 is 2.43 bits per heavy atom. The molecule has 23 heavy (non-hydrogen) atoms. The molecular formula is C18H12FNO2S. The molecule has 0 atom stereocenters. The van der Waals surface area contributed by atoms with Crippen LogP contribution in [-0.4, -0.2) is 11.7 Å². The molecule has 0 saturated carbocycles. The van der Waals surface area contributed by atoms with E-state index >= 15 is 0 Å². The fourth-order valence-electron chi connectivity index (χ4n) is 2.14. The van der Waals surface area contributed by atoms with Gasteiger partial charge in [-0.2, -0.15) is 0 Å². The van der Waals surface area contributed by atoms with Crippen molar-refractivity contribution in [1.82, 2.24) is 0 Å². The van der Waals surface area contributed by atoms with Crippen LogP contribution in [0, 0.1) is 5.82 Å². The summed E-state index contributed by atoms with van der Waals surface area (Å²) in [5.74, 6) is -1.19. The Morgan fingerprint density at radius 1 is 0.957 bits per heavy atom. The number of anilines is 1. The summed E-state index contributed by atoms with van der Waals surface area (Å²) in [5, 5.41) is 4.45. The van der Waals surface area contributed by atoms with Crippen LogP contribution in [0.4, 0.5) is 10.1 Å². The van der Waals surface area contributed by atoms with Crippen LogP contribution in [0.1, 0.15) is 25.6 Å². The topological polar surface area (TPSA) is 46.2 Å². The lowest BCUT2D eigenvalue weighted by Gasteiger charge is -2.10. The van der Waals surface area contributed by atoms with Gasteiger partial charge in [0.25, 0.3) is 5.91 Å². The summed E-state index contributed by atoms with van der Waals surface area (Å²) in [5.41, 5.74) is 0.890. The van der Waals surface area contributed by atoms with Crippen molar-refractivity contribution in [3.8, 4) is 0 Å². The number of amides is 1. The van der Waals surface area contributed by atoms with Gasteiger partial charge in [-0.3, -0.25) is 9.59 Å². The highest BCUT2D eigenvalue weighted by molar-refractivity contribution is 7.12.